The molecule has 79 heavy (non-hydrogen) atoms. The van der Waals surface area contributed by atoms with Crippen LogP contribution in [0.4, 0.5) is 54.5 Å². The summed E-state index contributed by atoms with van der Waals surface area (Å²) in [6.45, 7) is 2.83. The van der Waals surface area contributed by atoms with E-state index in [0.717, 1.165) is 75.8 Å². The van der Waals surface area contributed by atoms with Gasteiger partial charge in [-0.25, -0.2) is 32.3 Å². The Morgan fingerprint density at radius 3 is 2.00 bits per heavy atom. The first-order valence-electron chi connectivity index (χ1n) is 25.3. The van der Waals surface area contributed by atoms with Crippen LogP contribution in [0.15, 0.2) is 67.0 Å². The maximum absolute atomic E-state index is 16.1. The smallest absolute Gasteiger partial charge is 0.407 e. The molecule has 2 aromatic heterocycles. The van der Waals surface area contributed by atoms with Crippen molar-refractivity contribution in [3.63, 3.8) is 0 Å². The van der Waals surface area contributed by atoms with E-state index in [2.05, 4.69) is 29.8 Å². The Morgan fingerprint density at radius 1 is 0.823 bits per heavy atom. The quantitative estimate of drug-likeness (QED) is 0.0371. The number of nitrogens with zero attached hydrogens (tertiary/aromatic N) is 6. The van der Waals surface area contributed by atoms with Gasteiger partial charge in [0.05, 0.1) is 68.4 Å². The fraction of sp³-hybridized carbons (Fsp3) is 0.547. The Labute approximate surface area is 448 Å². The first kappa shape index (κ1) is 60.3. The SMILES string of the molecule is COC(=O)C[C@H](C(=O)NN(Cc1c(F)cc(-c2ccn(CC(F)F)n2)cc1F)C[C@H](O)[C@@H](CC(=O)[C@@H](NC(=O)OC)C(C)(C)C(F)(F)F)Cc1ccc(-c2ccc(N3C[C@H]4C[C@@H]3CN4C3COC3)nc2)cc1)C(C)(C)C(F)(F)F. The zero-order valence-corrected chi connectivity index (χ0v) is 44.0. The van der Waals surface area contributed by atoms with Gasteiger partial charge in [0, 0.05) is 73.8 Å². The molecule has 2 bridgehead atoms. The number of hydrogen-bond donors (Lipinski definition) is 3. The van der Waals surface area contributed by atoms with E-state index in [1.165, 1.54) is 6.07 Å². The molecular weight excluding hydrogens is 1070 g/mol. The largest absolute Gasteiger partial charge is 0.469 e. The minimum Gasteiger partial charge on any atom is -0.469 e. The Kier molecular flexibility index (Phi) is 18.4. The Hall–Kier alpha value is -6.38. The number of carbonyl (C=O) groups is 4. The molecule has 0 aliphatic carbocycles. The monoisotopic (exact) mass is 1130 g/mol. The van der Waals surface area contributed by atoms with Crippen molar-refractivity contribution in [2.24, 2.45) is 22.7 Å². The van der Waals surface area contributed by atoms with Crippen molar-refractivity contribution < 1.29 is 82.4 Å². The van der Waals surface area contributed by atoms with Gasteiger partial charge in [-0.05, 0) is 74.1 Å². The van der Waals surface area contributed by atoms with Gasteiger partial charge in [0.15, 0.2) is 5.78 Å². The number of aromatic nitrogens is 3. The van der Waals surface area contributed by atoms with Gasteiger partial charge < -0.3 is 29.5 Å². The highest BCUT2D eigenvalue weighted by Gasteiger charge is 2.57. The highest BCUT2D eigenvalue weighted by atomic mass is 19.4. The number of ketones is 1. The summed E-state index contributed by atoms with van der Waals surface area (Å²) in [6.07, 6.45) is -15.1. The third kappa shape index (κ3) is 13.8. The number of alkyl carbamates (subject to hydrolysis) is 1. The fourth-order valence-electron chi connectivity index (χ4n) is 10.2. The number of rotatable bonds is 23. The first-order valence-corrected chi connectivity index (χ1v) is 25.3. The zero-order chi connectivity index (χ0) is 57.9. The van der Waals surface area contributed by atoms with Crippen molar-refractivity contribution in [3.05, 3.63) is 89.8 Å². The fourth-order valence-corrected chi connectivity index (χ4v) is 10.2. The average molecular weight is 1130 g/mol. The molecule has 4 aromatic rings. The van der Waals surface area contributed by atoms with Gasteiger partial charge in [0.1, 0.15) is 30.0 Å². The van der Waals surface area contributed by atoms with Crippen molar-refractivity contribution in [1.29, 1.82) is 0 Å². The number of benzene rings is 2. The number of aliphatic hydroxyl groups excluding tert-OH is 1. The molecule has 3 aliphatic rings. The molecule has 0 spiro atoms. The van der Waals surface area contributed by atoms with E-state index in [-0.39, 0.29) is 17.7 Å². The second-order valence-corrected chi connectivity index (χ2v) is 21.3. The highest BCUT2D eigenvalue weighted by Crippen LogP contribution is 2.46. The summed E-state index contributed by atoms with van der Waals surface area (Å²) in [7, 11) is 1.72. The number of hydrazine groups is 1. The Bertz CT molecular complexity index is 2770. The van der Waals surface area contributed by atoms with E-state index in [1.807, 2.05) is 17.4 Å². The summed E-state index contributed by atoms with van der Waals surface area (Å²) >= 11 is 0. The number of pyridine rings is 1. The van der Waals surface area contributed by atoms with Crippen LogP contribution in [0.25, 0.3) is 22.4 Å². The number of nitrogens with one attached hydrogen (secondary N) is 2. The van der Waals surface area contributed by atoms with Crippen LogP contribution in [0.3, 0.4) is 0 Å². The van der Waals surface area contributed by atoms with Crippen molar-refractivity contribution in [2.75, 3.05) is 52.0 Å². The number of alkyl halides is 8. The van der Waals surface area contributed by atoms with Crippen LogP contribution in [-0.2, 0) is 48.1 Å². The molecule has 3 saturated heterocycles. The molecule has 3 N–H and O–H groups in total. The number of likely N-dealkylation sites (tertiary alicyclic amines) is 1. The maximum Gasteiger partial charge on any atom is 0.407 e. The van der Waals surface area contributed by atoms with Crippen LogP contribution in [0.1, 0.15) is 58.1 Å². The lowest BCUT2D eigenvalue weighted by atomic mass is 9.75. The molecule has 0 radical (unpaired) electrons. The summed E-state index contributed by atoms with van der Waals surface area (Å²) in [5.74, 6) is -9.70. The number of anilines is 1. The molecule has 3 aliphatic heterocycles. The second kappa shape index (κ2) is 24.1. The number of esters is 1. The molecule has 5 heterocycles. The van der Waals surface area contributed by atoms with Gasteiger partial charge >= 0.3 is 24.4 Å². The Balaban J connectivity index is 1.20. The van der Waals surface area contributed by atoms with Gasteiger partial charge in [-0.2, -0.15) is 31.4 Å². The molecule has 7 rings (SSSR count). The summed E-state index contributed by atoms with van der Waals surface area (Å²) in [5, 5.41) is 18.7. The van der Waals surface area contributed by atoms with Crippen LogP contribution in [0.2, 0.25) is 0 Å². The number of carbonyl (C=O) groups excluding carboxylic acids is 4. The maximum atomic E-state index is 16.1. The topological polar surface area (TPSA) is 181 Å². The number of piperazine rings is 1. The number of hydrogen-bond acceptors (Lipinski definition) is 13. The van der Waals surface area contributed by atoms with Gasteiger partial charge in [0.2, 0.25) is 5.91 Å². The van der Waals surface area contributed by atoms with Gasteiger partial charge in [-0.15, -0.1) is 0 Å². The van der Waals surface area contributed by atoms with Crippen molar-refractivity contribution in [1.82, 2.24) is 35.4 Å². The molecule has 432 valence electrons. The number of Topliss-reactive ketones (excluding diaryl/α,β-unsaturated/α-hetero) is 1. The number of fused-ring (bicyclic) bond motifs is 2. The summed E-state index contributed by atoms with van der Waals surface area (Å²) < 4.78 is 161. The molecule has 26 heteroatoms. The van der Waals surface area contributed by atoms with E-state index in [9.17, 15) is 59.4 Å². The zero-order valence-electron chi connectivity index (χ0n) is 44.0. The van der Waals surface area contributed by atoms with E-state index in [0.29, 0.717) is 67.5 Å². The standard InChI is InChI=1S/C53H62F10N8O8/c1-50(2,52(58,59)60)38(20-46(74)77-5)48(75)67-69(24-37-39(54)16-32(17-40(37)55)41-13-14-68(66-41)26-44(56)57)25-43(73)33(18-42(72)47(65-49(76)78-6)51(3,4)53(61,62)63)15-29-7-9-30(10-8-29)31-11-12-45(64-21-31)71-23-34-19-35(71)22-70(34)36-27-79-28-36/h7-14,16-17,21,33-36,38,43-44,47,73H,15,18-20,22-28H2,1-6H3,(H,65,76)(H,67,75)/t33-,34-,35-,38-,43+,47-/m1/s1. The lowest BCUT2D eigenvalue weighted by Crippen LogP contribution is -2.57. The third-order valence-electron chi connectivity index (χ3n) is 15.4. The van der Waals surface area contributed by atoms with Crippen LogP contribution < -0.4 is 15.6 Å². The summed E-state index contributed by atoms with van der Waals surface area (Å²) in [5.41, 5.74) is -3.23. The minimum absolute atomic E-state index is 0.134. The molecular formula is C53H62F10N8O8. The van der Waals surface area contributed by atoms with Crippen LogP contribution in [0.5, 0.6) is 0 Å². The van der Waals surface area contributed by atoms with Crippen LogP contribution in [0, 0.1) is 34.3 Å². The van der Waals surface area contributed by atoms with Gasteiger partial charge in [-0.1, -0.05) is 38.1 Å². The number of ether oxygens (including phenoxy) is 3. The van der Waals surface area contributed by atoms with Crippen molar-refractivity contribution in [2.45, 2.75) is 116 Å². The Morgan fingerprint density at radius 2 is 1.47 bits per heavy atom. The average Bonchev–Trinajstić information content (AvgIpc) is 4.36. The number of amides is 2. The van der Waals surface area contributed by atoms with E-state index in [1.54, 1.807) is 30.5 Å². The molecule has 6 atom stereocenters. The predicted octanol–water partition coefficient (Wildman–Crippen LogP) is 7.91. The van der Waals surface area contributed by atoms with E-state index >= 15 is 8.78 Å². The second-order valence-electron chi connectivity index (χ2n) is 21.3. The lowest BCUT2D eigenvalue weighted by Gasteiger charge is -2.42. The highest BCUT2D eigenvalue weighted by molar-refractivity contribution is 5.88. The molecule has 0 unspecified atom stereocenters. The molecule has 2 aromatic carbocycles. The van der Waals surface area contributed by atoms with Gasteiger partial charge in [-0.3, -0.25) is 29.4 Å². The number of halogens is 10. The summed E-state index contributed by atoms with van der Waals surface area (Å²) in [6, 6.07) is 11.9. The van der Waals surface area contributed by atoms with E-state index < -0.39 is 127 Å². The normalized spacial score (nSPS) is 18.8. The van der Waals surface area contributed by atoms with Crippen molar-refractivity contribution in [3.8, 4) is 22.4 Å². The van der Waals surface area contributed by atoms with Crippen LogP contribution >= 0.6 is 0 Å². The predicted molar refractivity (Wildman–Crippen MR) is 265 cm³/mol. The first-order chi connectivity index (χ1) is 37.0. The number of methoxy groups -OCH3 is 2. The number of aliphatic hydroxyl groups is 1. The molecule has 16 nitrogen and oxygen atoms in total. The molecule has 0 saturated carbocycles. The molecule has 2 amide bonds. The van der Waals surface area contributed by atoms with Crippen LogP contribution in [-0.4, -0.2) is 150 Å². The lowest BCUT2D eigenvalue weighted by molar-refractivity contribution is -0.231. The minimum atomic E-state index is -5.15. The summed E-state index contributed by atoms with van der Waals surface area (Å²) in [4.78, 5) is 62.8. The molecule has 3 fully saturated rings. The van der Waals surface area contributed by atoms with Gasteiger partial charge in [0.25, 0.3) is 6.43 Å². The van der Waals surface area contributed by atoms with E-state index in [4.69, 9.17) is 9.72 Å². The van der Waals surface area contributed by atoms with Crippen molar-refractivity contribution >= 4 is 29.6 Å². The third-order valence-corrected chi connectivity index (χ3v) is 15.4.